The van der Waals surface area contributed by atoms with E-state index in [0.717, 1.165) is 38.3 Å². The number of ether oxygens (including phenoxy) is 1. The first-order valence-electron chi connectivity index (χ1n) is 7.83. The molecule has 0 N–H and O–H groups in total. The summed E-state index contributed by atoms with van der Waals surface area (Å²) < 4.78 is 59.1. The second-order valence-corrected chi connectivity index (χ2v) is 8.39. The summed E-state index contributed by atoms with van der Waals surface area (Å²) in [7, 11) is -4.16. The molecule has 2 saturated heterocycles. The molecule has 1 unspecified atom stereocenters. The Morgan fingerprint density at radius 3 is 2.54 bits per heavy atom. The zero-order valence-electron chi connectivity index (χ0n) is 13.1. The van der Waals surface area contributed by atoms with Crippen molar-refractivity contribution < 1.29 is 21.9 Å². The molecule has 5 nitrogen and oxygen atoms in total. The summed E-state index contributed by atoms with van der Waals surface area (Å²) >= 11 is 5.81. The number of hydrogen-bond donors (Lipinski definition) is 0. The van der Waals surface area contributed by atoms with Crippen LogP contribution >= 0.6 is 11.6 Å². The van der Waals surface area contributed by atoms with Crippen molar-refractivity contribution in [2.75, 3.05) is 45.9 Å². The van der Waals surface area contributed by atoms with Crippen molar-refractivity contribution in [3.63, 3.8) is 0 Å². The van der Waals surface area contributed by atoms with Crippen molar-refractivity contribution in [1.82, 2.24) is 9.21 Å². The molecule has 9 heteroatoms. The fourth-order valence-corrected chi connectivity index (χ4v) is 5.10. The van der Waals surface area contributed by atoms with Crippen LogP contribution in [-0.4, -0.2) is 63.6 Å². The summed E-state index contributed by atoms with van der Waals surface area (Å²) in [6.07, 6.45) is 1.02. The first kappa shape index (κ1) is 18.0. The molecule has 2 aliphatic rings. The molecule has 0 saturated carbocycles. The van der Waals surface area contributed by atoms with Gasteiger partial charge in [0.05, 0.1) is 11.6 Å². The van der Waals surface area contributed by atoms with Crippen LogP contribution in [0.15, 0.2) is 17.0 Å². The highest BCUT2D eigenvalue weighted by molar-refractivity contribution is 7.89. The second-order valence-electron chi connectivity index (χ2n) is 6.11. The third-order valence-corrected chi connectivity index (χ3v) is 6.86. The summed E-state index contributed by atoms with van der Waals surface area (Å²) in [5, 5.41) is -0.306. The summed E-state index contributed by atoms with van der Waals surface area (Å²) in [5.74, 6) is -2.17. The SMILES string of the molecule is O=S(=O)(c1c(Cl)ccc(F)c1F)N1CCN(CC2CCOC2)CC1. The fourth-order valence-electron chi connectivity index (χ4n) is 3.12. The van der Waals surface area contributed by atoms with E-state index in [2.05, 4.69) is 4.90 Å². The van der Waals surface area contributed by atoms with E-state index in [4.69, 9.17) is 16.3 Å². The first-order chi connectivity index (χ1) is 11.4. The second kappa shape index (κ2) is 7.21. The van der Waals surface area contributed by atoms with Gasteiger partial charge in [0.15, 0.2) is 11.6 Å². The Kier molecular flexibility index (Phi) is 5.41. The minimum Gasteiger partial charge on any atom is -0.381 e. The molecule has 24 heavy (non-hydrogen) atoms. The molecule has 2 aliphatic heterocycles. The van der Waals surface area contributed by atoms with E-state index in [9.17, 15) is 17.2 Å². The maximum Gasteiger partial charge on any atom is 0.247 e. The molecular weight excluding hydrogens is 362 g/mol. The molecule has 1 aromatic rings. The number of benzene rings is 1. The highest BCUT2D eigenvalue weighted by Crippen LogP contribution is 2.29. The van der Waals surface area contributed by atoms with Crippen LogP contribution in [0.25, 0.3) is 0 Å². The maximum atomic E-state index is 14.0. The van der Waals surface area contributed by atoms with Gasteiger partial charge in [-0.25, -0.2) is 17.2 Å². The van der Waals surface area contributed by atoms with E-state index in [0.29, 0.717) is 19.0 Å². The van der Waals surface area contributed by atoms with Crippen LogP contribution in [0.2, 0.25) is 5.02 Å². The quantitative estimate of drug-likeness (QED) is 0.749. The van der Waals surface area contributed by atoms with Gasteiger partial charge in [-0.1, -0.05) is 11.6 Å². The van der Waals surface area contributed by atoms with Crippen molar-refractivity contribution in [2.24, 2.45) is 5.92 Å². The van der Waals surface area contributed by atoms with Crippen LogP contribution in [0.4, 0.5) is 8.78 Å². The summed E-state index contributed by atoms with van der Waals surface area (Å²) in [6.45, 7) is 3.92. The van der Waals surface area contributed by atoms with E-state index in [1.807, 2.05) is 0 Å². The fraction of sp³-hybridized carbons (Fsp3) is 0.600. The topological polar surface area (TPSA) is 49.9 Å². The largest absolute Gasteiger partial charge is 0.381 e. The molecule has 0 amide bonds. The van der Waals surface area contributed by atoms with Crippen LogP contribution in [-0.2, 0) is 14.8 Å². The van der Waals surface area contributed by atoms with Crippen molar-refractivity contribution in [3.8, 4) is 0 Å². The summed E-state index contributed by atoms with van der Waals surface area (Å²) in [4.78, 5) is 1.40. The Morgan fingerprint density at radius 2 is 1.92 bits per heavy atom. The molecule has 0 bridgehead atoms. The lowest BCUT2D eigenvalue weighted by molar-refractivity contribution is 0.143. The average Bonchev–Trinajstić information content (AvgIpc) is 3.05. The lowest BCUT2D eigenvalue weighted by atomic mass is 10.1. The van der Waals surface area contributed by atoms with Crippen LogP contribution in [0.1, 0.15) is 6.42 Å². The van der Waals surface area contributed by atoms with E-state index in [1.54, 1.807) is 0 Å². The molecule has 2 heterocycles. The van der Waals surface area contributed by atoms with E-state index >= 15 is 0 Å². The Morgan fingerprint density at radius 1 is 1.21 bits per heavy atom. The lowest BCUT2D eigenvalue weighted by Gasteiger charge is -2.35. The van der Waals surface area contributed by atoms with Crippen LogP contribution in [0.3, 0.4) is 0 Å². The number of sulfonamides is 1. The van der Waals surface area contributed by atoms with Gasteiger partial charge in [-0.3, -0.25) is 0 Å². The average molecular weight is 381 g/mol. The van der Waals surface area contributed by atoms with Crippen LogP contribution in [0.5, 0.6) is 0 Å². The number of hydrogen-bond acceptors (Lipinski definition) is 4. The van der Waals surface area contributed by atoms with Crippen molar-refractivity contribution in [2.45, 2.75) is 11.3 Å². The number of halogens is 3. The molecule has 134 valence electrons. The van der Waals surface area contributed by atoms with Gasteiger partial charge in [0.1, 0.15) is 4.90 Å². The van der Waals surface area contributed by atoms with Crippen molar-refractivity contribution in [3.05, 3.63) is 28.8 Å². The smallest absolute Gasteiger partial charge is 0.247 e. The maximum absolute atomic E-state index is 14.0. The Bertz CT molecular complexity index is 703. The highest BCUT2D eigenvalue weighted by Gasteiger charge is 2.34. The minimum absolute atomic E-state index is 0.224. The Labute approximate surface area is 145 Å². The zero-order valence-corrected chi connectivity index (χ0v) is 14.6. The molecule has 1 aromatic carbocycles. The summed E-state index contributed by atoms with van der Waals surface area (Å²) in [6, 6.07) is 1.88. The molecule has 1 atom stereocenters. The highest BCUT2D eigenvalue weighted by atomic mass is 35.5. The van der Waals surface area contributed by atoms with E-state index in [1.165, 1.54) is 4.31 Å². The van der Waals surface area contributed by atoms with Gasteiger partial charge >= 0.3 is 0 Å². The normalized spacial score (nSPS) is 23.7. The number of nitrogens with zero attached hydrogens (tertiary/aromatic N) is 2. The molecular formula is C15H19ClF2N2O3S. The van der Waals surface area contributed by atoms with Crippen molar-refractivity contribution in [1.29, 1.82) is 0 Å². The predicted molar refractivity (Wildman–Crippen MR) is 85.5 cm³/mol. The third kappa shape index (κ3) is 3.57. The molecule has 0 aliphatic carbocycles. The van der Waals surface area contributed by atoms with E-state index in [-0.39, 0.29) is 18.1 Å². The molecule has 3 rings (SSSR count). The Balaban J connectivity index is 1.70. The Hall–Kier alpha value is -0.800. The molecule has 0 radical (unpaired) electrons. The van der Waals surface area contributed by atoms with Gasteiger partial charge in [0, 0.05) is 39.3 Å². The first-order valence-corrected chi connectivity index (χ1v) is 9.65. The third-order valence-electron chi connectivity index (χ3n) is 4.47. The van der Waals surface area contributed by atoms with Gasteiger partial charge in [0.25, 0.3) is 0 Å². The van der Waals surface area contributed by atoms with E-state index < -0.39 is 26.6 Å². The molecule has 2 fully saturated rings. The van der Waals surface area contributed by atoms with Gasteiger partial charge in [-0.2, -0.15) is 4.31 Å². The minimum atomic E-state index is -4.16. The van der Waals surface area contributed by atoms with Gasteiger partial charge in [-0.05, 0) is 24.5 Å². The lowest BCUT2D eigenvalue weighted by Crippen LogP contribution is -2.49. The summed E-state index contributed by atoms with van der Waals surface area (Å²) in [5.41, 5.74) is 0. The zero-order chi connectivity index (χ0) is 17.3. The number of piperazine rings is 1. The molecule has 0 aromatic heterocycles. The van der Waals surface area contributed by atoms with Crippen molar-refractivity contribution >= 4 is 21.6 Å². The van der Waals surface area contributed by atoms with Gasteiger partial charge in [0.2, 0.25) is 10.0 Å². The standard InChI is InChI=1S/C15H19ClF2N2O3S/c16-12-1-2-13(17)14(18)15(12)24(21,22)20-6-4-19(5-7-20)9-11-3-8-23-10-11/h1-2,11H,3-10H2. The van der Waals surface area contributed by atoms with Gasteiger partial charge < -0.3 is 9.64 Å². The monoisotopic (exact) mass is 380 g/mol. The predicted octanol–water partition coefficient (Wildman–Crippen LogP) is 1.96. The van der Waals surface area contributed by atoms with Crippen LogP contribution < -0.4 is 0 Å². The number of rotatable bonds is 4. The van der Waals surface area contributed by atoms with Crippen LogP contribution in [0, 0.1) is 17.6 Å². The molecule has 0 spiro atoms. The van der Waals surface area contributed by atoms with Gasteiger partial charge in [-0.15, -0.1) is 0 Å².